The van der Waals surface area contributed by atoms with E-state index >= 15 is 0 Å². The van der Waals surface area contributed by atoms with Crippen molar-refractivity contribution in [3.05, 3.63) is 58.1 Å². The van der Waals surface area contributed by atoms with Crippen molar-refractivity contribution in [1.82, 2.24) is 20.2 Å². The van der Waals surface area contributed by atoms with Crippen molar-refractivity contribution in [3.63, 3.8) is 0 Å². The molecule has 2 heterocycles. The predicted octanol–water partition coefficient (Wildman–Crippen LogP) is 2.73. The minimum absolute atomic E-state index is 0.163. The van der Waals surface area contributed by atoms with Gasteiger partial charge < -0.3 is 10.2 Å². The van der Waals surface area contributed by atoms with Gasteiger partial charge in [0.25, 0.3) is 11.6 Å². The SMILES string of the molecule is Cn1nnnc1Sc1ccc([N+](=O)[O-])cc1C(=O)Nc1ccc(N2CCC2)cc1. The molecule has 1 N–H and O–H groups in total. The molecule has 11 heteroatoms. The third-order valence-corrected chi connectivity index (χ3v) is 5.65. The number of anilines is 2. The Morgan fingerprint density at radius 1 is 1.21 bits per heavy atom. The minimum Gasteiger partial charge on any atom is -0.371 e. The van der Waals surface area contributed by atoms with Gasteiger partial charge in [-0.1, -0.05) is 0 Å². The van der Waals surface area contributed by atoms with Gasteiger partial charge in [-0.15, -0.1) is 5.10 Å². The second kappa shape index (κ2) is 7.87. The molecule has 0 radical (unpaired) electrons. The normalized spacial score (nSPS) is 13.1. The lowest BCUT2D eigenvalue weighted by Gasteiger charge is -2.33. The molecular formula is C18H17N7O3S. The largest absolute Gasteiger partial charge is 0.371 e. The molecule has 1 fully saturated rings. The molecular weight excluding hydrogens is 394 g/mol. The molecule has 0 unspecified atom stereocenters. The second-order valence-corrected chi connectivity index (χ2v) is 7.48. The molecule has 2 aromatic carbocycles. The van der Waals surface area contributed by atoms with E-state index in [9.17, 15) is 14.9 Å². The van der Waals surface area contributed by atoms with Crippen LogP contribution in [0.25, 0.3) is 0 Å². The van der Waals surface area contributed by atoms with Crippen molar-refractivity contribution in [3.8, 4) is 0 Å². The van der Waals surface area contributed by atoms with Crippen molar-refractivity contribution in [2.24, 2.45) is 7.05 Å². The van der Waals surface area contributed by atoms with Gasteiger partial charge in [-0.05, 0) is 58.9 Å². The molecule has 4 rings (SSSR count). The molecule has 1 aromatic heterocycles. The van der Waals surface area contributed by atoms with Gasteiger partial charge in [0, 0.05) is 48.5 Å². The number of hydrogen-bond donors (Lipinski definition) is 1. The molecule has 10 nitrogen and oxygen atoms in total. The van der Waals surface area contributed by atoms with E-state index in [0.717, 1.165) is 30.5 Å². The highest BCUT2D eigenvalue weighted by Gasteiger charge is 2.20. The molecule has 1 saturated heterocycles. The smallest absolute Gasteiger partial charge is 0.270 e. The number of aromatic nitrogens is 4. The first-order valence-electron chi connectivity index (χ1n) is 8.86. The van der Waals surface area contributed by atoms with Crippen LogP contribution in [0.5, 0.6) is 0 Å². The highest BCUT2D eigenvalue weighted by molar-refractivity contribution is 7.99. The maximum atomic E-state index is 12.9. The number of carbonyl (C=O) groups excluding carboxylic acids is 1. The Balaban J connectivity index is 1.59. The number of non-ortho nitro benzene ring substituents is 1. The Labute approximate surface area is 170 Å². The molecule has 1 aliphatic rings. The van der Waals surface area contributed by atoms with Gasteiger partial charge >= 0.3 is 0 Å². The van der Waals surface area contributed by atoms with Gasteiger partial charge in [0.2, 0.25) is 5.16 Å². The number of rotatable bonds is 6. The third kappa shape index (κ3) is 4.04. The van der Waals surface area contributed by atoms with Gasteiger partial charge in [0.1, 0.15) is 0 Å². The Morgan fingerprint density at radius 2 is 1.97 bits per heavy atom. The van der Waals surface area contributed by atoms with Crippen LogP contribution in [0.2, 0.25) is 0 Å². The summed E-state index contributed by atoms with van der Waals surface area (Å²) in [6.07, 6.45) is 1.19. The van der Waals surface area contributed by atoms with E-state index in [1.807, 2.05) is 24.3 Å². The Kier molecular flexibility index (Phi) is 5.12. The van der Waals surface area contributed by atoms with E-state index in [1.54, 1.807) is 7.05 Å². The Morgan fingerprint density at radius 3 is 2.55 bits per heavy atom. The standard InChI is InChI=1S/C18H17N7O3S/c1-23-18(20-21-22-23)29-16-8-7-14(25(27)28)11-15(16)17(26)19-12-3-5-13(6-4-12)24-9-2-10-24/h3-8,11H,2,9-10H2,1H3,(H,19,26). The first-order valence-corrected chi connectivity index (χ1v) is 9.68. The Bertz CT molecular complexity index is 1060. The van der Waals surface area contributed by atoms with E-state index in [2.05, 4.69) is 25.7 Å². The summed E-state index contributed by atoms with van der Waals surface area (Å²) < 4.78 is 1.46. The van der Waals surface area contributed by atoms with Gasteiger partial charge in [0.05, 0.1) is 10.5 Å². The van der Waals surface area contributed by atoms with Gasteiger partial charge in [-0.2, -0.15) is 0 Å². The highest BCUT2D eigenvalue weighted by atomic mass is 32.2. The van der Waals surface area contributed by atoms with Crippen LogP contribution >= 0.6 is 11.8 Å². The van der Waals surface area contributed by atoms with Crippen LogP contribution in [0, 0.1) is 10.1 Å². The van der Waals surface area contributed by atoms with E-state index in [4.69, 9.17) is 0 Å². The molecule has 29 heavy (non-hydrogen) atoms. The van der Waals surface area contributed by atoms with Gasteiger partial charge in [0.15, 0.2) is 0 Å². The summed E-state index contributed by atoms with van der Waals surface area (Å²) in [4.78, 5) is 26.3. The lowest BCUT2D eigenvalue weighted by molar-refractivity contribution is -0.384. The molecule has 1 aliphatic heterocycles. The summed E-state index contributed by atoms with van der Waals surface area (Å²) in [5.41, 5.74) is 1.74. The summed E-state index contributed by atoms with van der Waals surface area (Å²) in [5, 5.41) is 25.7. The molecule has 148 valence electrons. The summed E-state index contributed by atoms with van der Waals surface area (Å²) in [6.45, 7) is 2.08. The number of carbonyl (C=O) groups is 1. The van der Waals surface area contributed by atoms with Crippen LogP contribution in [0.4, 0.5) is 17.1 Å². The molecule has 0 aliphatic carbocycles. The van der Waals surface area contributed by atoms with Crippen LogP contribution in [0.1, 0.15) is 16.8 Å². The number of benzene rings is 2. The highest BCUT2D eigenvalue weighted by Crippen LogP contribution is 2.31. The molecule has 0 saturated carbocycles. The quantitative estimate of drug-likeness (QED) is 0.486. The van der Waals surface area contributed by atoms with Crippen molar-refractivity contribution in [2.45, 2.75) is 16.5 Å². The number of tetrazole rings is 1. The fourth-order valence-electron chi connectivity index (χ4n) is 2.83. The number of nitrogens with one attached hydrogen (secondary N) is 1. The third-order valence-electron chi connectivity index (χ3n) is 4.55. The number of nitrogens with zero attached hydrogens (tertiary/aromatic N) is 6. The van der Waals surface area contributed by atoms with Gasteiger partial charge in [-0.25, -0.2) is 4.68 Å². The van der Waals surface area contributed by atoms with Crippen LogP contribution in [-0.2, 0) is 7.05 Å². The number of nitro groups is 1. The summed E-state index contributed by atoms with van der Waals surface area (Å²) in [5.74, 6) is -0.442. The van der Waals surface area contributed by atoms with Crippen molar-refractivity contribution in [1.29, 1.82) is 0 Å². The monoisotopic (exact) mass is 411 g/mol. The average molecular weight is 411 g/mol. The molecule has 0 atom stereocenters. The van der Waals surface area contributed by atoms with Crippen molar-refractivity contribution >= 4 is 34.7 Å². The molecule has 3 aromatic rings. The topological polar surface area (TPSA) is 119 Å². The Hall–Kier alpha value is -3.47. The first-order chi connectivity index (χ1) is 14.0. The van der Waals surface area contributed by atoms with Crippen LogP contribution in [0.3, 0.4) is 0 Å². The summed E-state index contributed by atoms with van der Waals surface area (Å²) in [6, 6.07) is 11.7. The van der Waals surface area contributed by atoms with E-state index in [0.29, 0.717) is 15.7 Å². The molecule has 1 amide bonds. The maximum Gasteiger partial charge on any atom is 0.270 e. The number of aryl methyl sites for hydroxylation is 1. The lowest BCUT2D eigenvalue weighted by Crippen LogP contribution is -2.36. The molecule has 0 bridgehead atoms. The summed E-state index contributed by atoms with van der Waals surface area (Å²) in [7, 11) is 1.67. The fourth-order valence-corrected chi connectivity index (χ4v) is 3.67. The number of nitro benzene ring substituents is 1. The van der Waals surface area contributed by atoms with Crippen LogP contribution in [0.15, 0.2) is 52.5 Å². The minimum atomic E-state index is -0.531. The van der Waals surface area contributed by atoms with Crippen LogP contribution in [-0.4, -0.2) is 44.1 Å². The summed E-state index contributed by atoms with van der Waals surface area (Å²) >= 11 is 1.16. The zero-order chi connectivity index (χ0) is 20.4. The number of amides is 1. The lowest BCUT2D eigenvalue weighted by atomic mass is 10.1. The zero-order valence-electron chi connectivity index (χ0n) is 15.5. The fraction of sp³-hybridized carbons (Fsp3) is 0.222. The van der Waals surface area contributed by atoms with Gasteiger partial charge in [-0.3, -0.25) is 14.9 Å². The average Bonchev–Trinajstić information content (AvgIpc) is 3.06. The van der Waals surface area contributed by atoms with E-state index in [-0.39, 0.29) is 11.3 Å². The first kappa shape index (κ1) is 18.9. The van der Waals surface area contributed by atoms with Crippen LogP contribution < -0.4 is 10.2 Å². The molecule has 0 spiro atoms. The van der Waals surface area contributed by atoms with E-state index in [1.165, 1.54) is 29.3 Å². The van der Waals surface area contributed by atoms with Crippen molar-refractivity contribution in [2.75, 3.05) is 23.3 Å². The number of hydrogen-bond acceptors (Lipinski definition) is 8. The zero-order valence-corrected chi connectivity index (χ0v) is 16.3. The van der Waals surface area contributed by atoms with Crippen molar-refractivity contribution < 1.29 is 9.72 Å². The second-order valence-electron chi connectivity index (χ2n) is 6.47. The van der Waals surface area contributed by atoms with E-state index < -0.39 is 10.8 Å². The predicted molar refractivity (Wildman–Crippen MR) is 107 cm³/mol. The maximum absolute atomic E-state index is 12.9.